The Morgan fingerprint density at radius 2 is 2.39 bits per heavy atom. The first-order valence-corrected chi connectivity index (χ1v) is 7.15. The monoisotopic (exact) mass is 282 g/mol. The van der Waals surface area contributed by atoms with Crippen LogP contribution in [0.4, 0.5) is 0 Å². The standard InChI is InChI=1S/C12H15ClN4S/c1-17-12(8(13)6-15-17)11(16-14)10-5-7-3-2-4-9(7)18-10/h5-6,11,16H,2-4,14H2,1H3. The second-order valence-electron chi connectivity index (χ2n) is 4.55. The second kappa shape index (κ2) is 4.66. The van der Waals surface area contributed by atoms with Crippen LogP contribution >= 0.6 is 22.9 Å². The number of nitrogens with one attached hydrogen (secondary N) is 1. The van der Waals surface area contributed by atoms with E-state index in [0.29, 0.717) is 5.02 Å². The minimum atomic E-state index is -0.0828. The number of hydrogen-bond acceptors (Lipinski definition) is 4. The SMILES string of the molecule is Cn1ncc(Cl)c1C(NN)c1cc2c(s1)CCC2. The Balaban J connectivity index is 2.02. The zero-order valence-electron chi connectivity index (χ0n) is 10.1. The topological polar surface area (TPSA) is 55.9 Å². The molecule has 0 saturated heterocycles. The molecule has 3 N–H and O–H groups in total. The number of nitrogens with zero attached hydrogens (tertiary/aromatic N) is 2. The molecular formula is C12H15ClN4S. The van der Waals surface area contributed by atoms with Crippen molar-refractivity contribution < 1.29 is 0 Å². The maximum atomic E-state index is 6.19. The van der Waals surface area contributed by atoms with Gasteiger partial charge in [-0.3, -0.25) is 10.5 Å². The highest BCUT2D eigenvalue weighted by molar-refractivity contribution is 7.12. The fraction of sp³-hybridized carbons (Fsp3) is 0.417. The molecule has 0 radical (unpaired) electrons. The molecule has 0 aliphatic heterocycles. The summed E-state index contributed by atoms with van der Waals surface area (Å²) >= 11 is 8.02. The first-order valence-electron chi connectivity index (χ1n) is 5.95. The predicted molar refractivity (Wildman–Crippen MR) is 73.7 cm³/mol. The predicted octanol–water partition coefficient (Wildman–Crippen LogP) is 2.18. The lowest BCUT2D eigenvalue weighted by atomic mass is 10.1. The Morgan fingerprint density at radius 3 is 3.00 bits per heavy atom. The molecule has 2 aromatic heterocycles. The van der Waals surface area contributed by atoms with Crippen LogP contribution in [0.25, 0.3) is 0 Å². The van der Waals surface area contributed by atoms with Crippen LogP contribution in [0.2, 0.25) is 5.02 Å². The minimum absolute atomic E-state index is 0.0828. The molecule has 3 rings (SSSR count). The van der Waals surface area contributed by atoms with Crippen molar-refractivity contribution in [3.05, 3.63) is 38.3 Å². The second-order valence-corrected chi connectivity index (χ2v) is 6.13. The summed E-state index contributed by atoms with van der Waals surface area (Å²) in [6, 6.07) is 2.17. The number of rotatable bonds is 3. The third-order valence-corrected chi connectivity index (χ3v) is 5.02. The highest BCUT2D eigenvalue weighted by Crippen LogP contribution is 2.37. The van der Waals surface area contributed by atoms with Gasteiger partial charge in [-0.25, -0.2) is 5.43 Å². The summed E-state index contributed by atoms with van der Waals surface area (Å²) in [5.41, 5.74) is 5.24. The summed E-state index contributed by atoms with van der Waals surface area (Å²) in [6.07, 6.45) is 5.30. The summed E-state index contributed by atoms with van der Waals surface area (Å²) in [5, 5.41) is 4.81. The molecule has 0 aromatic carbocycles. The number of hydrazine groups is 1. The van der Waals surface area contributed by atoms with Crippen molar-refractivity contribution in [1.29, 1.82) is 0 Å². The normalized spacial score (nSPS) is 15.9. The van der Waals surface area contributed by atoms with E-state index in [0.717, 1.165) is 5.69 Å². The molecule has 6 heteroatoms. The number of aromatic nitrogens is 2. The molecule has 96 valence electrons. The van der Waals surface area contributed by atoms with Crippen molar-refractivity contribution in [2.45, 2.75) is 25.3 Å². The van der Waals surface area contributed by atoms with Gasteiger partial charge in [0.1, 0.15) is 0 Å². The summed E-state index contributed by atoms with van der Waals surface area (Å²) in [4.78, 5) is 2.70. The number of thiophene rings is 1. The minimum Gasteiger partial charge on any atom is -0.270 e. The molecule has 1 aliphatic carbocycles. The number of halogens is 1. The van der Waals surface area contributed by atoms with E-state index in [1.54, 1.807) is 10.9 Å². The summed E-state index contributed by atoms with van der Waals surface area (Å²) in [6.45, 7) is 0. The number of hydrogen-bond donors (Lipinski definition) is 2. The van der Waals surface area contributed by atoms with Gasteiger partial charge in [0.15, 0.2) is 0 Å². The lowest BCUT2D eigenvalue weighted by Gasteiger charge is -2.15. The molecule has 18 heavy (non-hydrogen) atoms. The van der Waals surface area contributed by atoms with E-state index in [4.69, 9.17) is 17.4 Å². The van der Waals surface area contributed by atoms with Crippen molar-refractivity contribution in [3.8, 4) is 0 Å². The average molecular weight is 283 g/mol. The average Bonchev–Trinajstić information content (AvgIpc) is 2.99. The molecular weight excluding hydrogens is 268 g/mol. The highest BCUT2D eigenvalue weighted by Gasteiger charge is 2.24. The lowest BCUT2D eigenvalue weighted by molar-refractivity contribution is 0.581. The van der Waals surface area contributed by atoms with Crippen LogP contribution in [-0.2, 0) is 19.9 Å². The van der Waals surface area contributed by atoms with E-state index in [1.165, 1.54) is 34.6 Å². The summed E-state index contributed by atoms with van der Waals surface area (Å²) in [7, 11) is 1.88. The highest BCUT2D eigenvalue weighted by atomic mass is 35.5. The molecule has 2 heterocycles. The van der Waals surface area contributed by atoms with Gasteiger partial charge < -0.3 is 0 Å². The van der Waals surface area contributed by atoms with Gasteiger partial charge >= 0.3 is 0 Å². The quantitative estimate of drug-likeness (QED) is 0.670. The third-order valence-electron chi connectivity index (χ3n) is 3.43. The van der Waals surface area contributed by atoms with Crippen molar-refractivity contribution >= 4 is 22.9 Å². The zero-order chi connectivity index (χ0) is 12.7. The Labute approximate surface area is 115 Å². The molecule has 0 fully saturated rings. The number of nitrogens with two attached hydrogens (primary N) is 1. The maximum Gasteiger partial charge on any atom is 0.0985 e. The molecule has 0 spiro atoms. The number of fused-ring (bicyclic) bond motifs is 1. The lowest BCUT2D eigenvalue weighted by Crippen LogP contribution is -2.30. The van der Waals surface area contributed by atoms with Crippen LogP contribution in [0, 0.1) is 0 Å². The third kappa shape index (κ3) is 1.87. The van der Waals surface area contributed by atoms with E-state index < -0.39 is 0 Å². The smallest absolute Gasteiger partial charge is 0.0985 e. The van der Waals surface area contributed by atoms with Crippen molar-refractivity contribution in [2.75, 3.05) is 0 Å². The van der Waals surface area contributed by atoms with E-state index in [2.05, 4.69) is 16.6 Å². The summed E-state index contributed by atoms with van der Waals surface area (Å²) in [5.74, 6) is 5.71. The van der Waals surface area contributed by atoms with Gasteiger partial charge in [0.25, 0.3) is 0 Å². The van der Waals surface area contributed by atoms with E-state index in [9.17, 15) is 0 Å². The van der Waals surface area contributed by atoms with Crippen LogP contribution in [-0.4, -0.2) is 9.78 Å². The van der Waals surface area contributed by atoms with Gasteiger partial charge in [0.05, 0.1) is 23.0 Å². The largest absolute Gasteiger partial charge is 0.270 e. The molecule has 4 nitrogen and oxygen atoms in total. The van der Waals surface area contributed by atoms with Gasteiger partial charge in [-0.2, -0.15) is 5.10 Å². The maximum absolute atomic E-state index is 6.19. The van der Waals surface area contributed by atoms with Crippen LogP contribution < -0.4 is 11.3 Å². The summed E-state index contributed by atoms with van der Waals surface area (Å²) < 4.78 is 1.78. The molecule has 1 atom stereocenters. The van der Waals surface area contributed by atoms with Gasteiger partial charge in [-0.15, -0.1) is 11.3 Å². The molecule has 0 saturated carbocycles. The van der Waals surface area contributed by atoms with Gasteiger partial charge in [-0.05, 0) is 30.9 Å². The van der Waals surface area contributed by atoms with E-state index >= 15 is 0 Å². The Bertz CT molecular complexity index is 534. The van der Waals surface area contributed by atoms with Gasteiger partial charge in [0, 0.05) is 16.8 Å². The Hall–Kier alpha value is -0.880. The van der Waals surface area contributed by atoms with Crippen LogP contribution in [0.15, 0.2) is 12.3 Å². The van der Waals surface area contributed by atoms with Crippen molar-refractivity contribution in [2.24, 2.45) is 12.9 Å². The van der Waals surface area contributed by atoms with Gasteiger partial charge in [-0.1, -0.05) is 11.6 Å². The molecule has 2 aromatic rings. The van der Waals surface area contributed by atoms with Crippen LogP contribution in [0.1, 0.15) is 33.5 Å². The van der Waals surface area contributed by atoms with E-state index in [-0.39, 0.29) is 6.04 Å². The molecule has 0 amide bonds. The molecule has 1 aliphatic rings. The fourth-order valence-electron chi connectivity index (χ4n) is 2.54. The Kier molecular flexibility index (Phi) is 3.15. The Morgan fingerprint density at radius 1 is 1.56 bits per heavy atom. The van der Waals surface area contributed by atoms with Crippen LogP contribution in [0.3, 0.4) is 0 Å². The first kappa shape index (κ1) is 12.2. The van der Waals surface area contributed by atoms with Crippen molar-refractivity contribution in [3.63, 3.8) is 0 Å². The fourth-order valence-corrected chi connectivity index (χ4v) is 4.13. The van der Waals surface area contributed by atoms with Gasteiger partial charge in [0.2, 0.25) is 0 Å². The zero-order valence-corrected chi connectivity index (χ0v) is 11.7. The van der Waals surface area contributed by atoms with Crippen LogP contribution in [0.5, 0.6) is 0 Å². The first-order chi connectivity index (χ1) is 8.70. The van der Waals surface area contributed by atoms with Crippen molar-refractivity contribution in [1.82, 2.24) is 15.2 Å². The van der Waals surface area contributed by atoms with E-state index in [1.807, 2.05) is 18.4 Å². The number of aryl methyl sites for hydroxylation is 3. The molecule has 0 bridgehead atoms. The molecule has 1 unspecified atom stereocenters.